The molecule has 4 heteroatoms. The van der Waals surface area contributed by atoms with Gasteiger partial charge in [-0.25, -0.2) is 0 Å². The number of nitrogens with one attached hydrogen (secondary N) is 1. The van der Waals surface area contributed by atoms with Crippen molar-refractivity contribution in [3.05, 3.63) is 60.2 Å². The van der Waals surface area contributed by atoms with Gasteiger partial charge in [0, 0.05) is 0 Å². The third kappa shape index (κ3) is 4.09. The zero-order valence-corrected chi connectivity index (χ0v) is 12.9. The second-order valence-electron chi connectivity index (χ2n) is 5.29. The van der Waals surface area contributed by atoms with E-state index in [1.54, 1.807) is 31.2 Å². The number of benzene rings is 2. The van der Waals surface area contributed by atoms with Crippen LogP contribution in [0.5, 0.6) is 5.75 Å². The van der Waals surface area contributed by atoms with Crippen molar-refractivity contribution in [1.82, 2.24) is 0 Å². The molecule has 2 aromatic rings. The quantitative estimate of drug-likeness (QED) is 0.860. The Hall–Kier alpha value is -2.33. The van der Waals surface area contributed by atoms with Crippen LogP contribution >= 0.6 is 0 Å². The highest BCUT2D eigenvalue weighted by Gasteiger charge is 2.26. The summed E-state index contributed by atoms with van der Waals surface area (Å²) in [4.78, 5) is 12.2. The third-order valence-corrected chi connectivity index (χ3v) is 3.36. The number of hydrogen-bond donors (Lipinski definition) is 2. The standard InChI is InChI=1S/C18H21NO3/c1-3-22-16-12-8-7-11-15(16)19-17(20)13-18(2,21)14-9-5-4-6-10-14/h4-12,21H,3,13H2,1-2H3,(H,19,20). The lowest BCUT2D eigenvalue weighted by atomic mass is 9.92. The van der Waals surface area contributed by atoms with Gasteiger partial charge in [0.1, 0.15) is 5.75 Å². The summed E-state index contributed by atoms with van der Waals surface area (Å²) in [5.41, 5.74) is 0.104. The average molecular weight is 299 g/mol. The van der Waals surface area contributed by atoms with E-state index in [1.807, 2.05) is 37.3 Å². The summed E-state index contributed by atoms with van der Waals surface area (Å²) in [5, 5.41) is 13.3. The van der Waals surface area contributed by atoms with Gasteiger partial charge in [-0.3, -0.25) is 4.79 Å². The van der Waals surface area contributed by atoms with E-state index in [4.69, 9.17) is 4.74 Å². The van der Waals surface area contributed by atoms with Crippen LogP contribution in [0.4, 0.5) is 5.69 Å². The number of para-hydroxylation sites is 2. The molecule has 2 aromatic carbocycles. The summed E-state index contributed by atoms with van der Waals surface area (Å²) in [6.45, 7) is 4.05. The average Bonchev–Trinajstić information content (AvgIpc) is 2.50. The van der Waals surface area contributed by atoms with Crippen molar-refractivity contribution < 1.29 is 14.6 Å². The van der Waals surface area contributed by atoms with Crippen LogP contribution in [0.3, 0.4) is 0 Å². The Balaban J connectivity index is 2.07. The van der Waals surface area contributed by atoms with Crippen molar-refractivity contribution >= 4 is 11.6 Å². The monoisotopic (exact) mass is 299 g/mol. The molecule has 4 nitrogen and oxygen atoms in total. The summed E-state index contributed by atoms with van der Waals surface area (Å²) in [5.74, 6) is 0.360. The summed E-state index contributed by atoms with van der Waals surface area (Å²) in [7, 11) is 0. The Labute approximate surface area is 130 Å². The molecule has 0 spiro atoms. The summed E-state index contributed by atoms with van der Waals surface area (Å²) < 4.78 is 5.48. The van der Waals surface area contributed by atoms with Gasteiger partial charge in [-0.1, -0.05) is 42.5 Å². The molecule has 0 saturated carbocycles. The van der Waals surface area contributed by atoms with Crippen molar-refractivity contribution in [3.63, 3.8) is 0 Å². The number of hydrogen-bond acceptors (Lipinski definition) is 3. The second-order valence-corrected chi connectivity index (χ2v) is 5.29. The molecule has 0 bridgehead atoms. The Bertz CT molecular complexity index is 623. The zero-order chi connectivity index (χ0) is 16.0. The minimum Gasteiger partial charge on any atom is -0.492 e. The highest BCUT2D eigenvalue weighted by molar-refractivity contribution is 5.92. The van der Waals surface area contributed by atoms with Crippen molar-refractivity contribution in [1.29, 1.82) is 0 Å². The lowest BCUT2D eigenvalue weighted by molar-refractivity contribution is -0.120. The lowest BCUT2D eigenvalue weighted by Crippen LogP contribution is -2.28. The van der Waals surface area contributed by atoms with Crippen LogP contribution in [0.25, 0.3) is 0 Å². The number of rotatable bonds is 6. The first-order valence-electron chi connectivity index (χ1n) is 7.32. The van der Waals surface area contributed by atoms with Crippen LogP contribution in [-0.4, -0.2) is 17.6 Å². The number of anilines is 1. The minimum absolute atomic E-state index is 0.0303. The van der Waals surface area contributed by atoms with Gasteiger partial charge in [0.25, 0.3) is 0 Å². The van der Waals surface area contributed by atoms with E-state index >= 15 is 0 Å². The molecule has 2 N–H and O–H groups in total. The molecule has 0 aliphatic carbocycles. The van der Waals surface area contributed by atoms with Crippen LogP contribution in [0.2, 0.25) is 0 Å². The molecule has 2 rings (SSSR count). The van der Waals surface area contributed by atoms with Gasteiger partial charge in [0.15, 0.2) is 0 Å². The molecule has 22 heavy (non-hydrogen) atoms. The Morgan fingerprint density at radius 3 is 2.45 bits per heavy atom. The molecule has 0 radical (unpaired) electrons. The first-order chi connectivity index (χ1) is 10.5. The Morgan fingerprint density at radius 2 is 1.77 bits per heavy atom. The fourth-order valence-electron chi connectivity index (χ4n) is 2.26. The highest BCUT2D eigenvalue weighted by atomic mass is 16.5. The van der Waals surface area contributed by atoms with Crippen LogP contribution in [0.1, 0.15) is 25.8 Å². The predicted molar refractivity (Wildman–Crippen MR) is 86.9 cm³/mol. The fourth-order valence-corrected chi connectivity index (χ4v) is 2.26. The van der Waals surface area contributed by atoms with Gasteiger partial charge in [-0.15, -0.1) is 0 Å². The normalized spacial score (nSPS) is 13.2. The van der Waals surface area contributed by atoms with E-state index in [0.29, 0.717) is 23.6 Å². The van der Waals surface area contributed by atoms with Gasteiger partial charge in [0.05, 0.1) is 24.3 Å². The van der Waals surface area contributed by atoms with Crippen molar-refractivity contribution in [2.45, 2.75) is 25.9 Å². The third-order valence-electron chi connectivity index (χ3n) is 3.36. The van der Waals surface area contributed by atoms with Crippen LogP contribution in [0.15, 0.2) is 54.6 Å². The molecule has 1 atom stereocenters. The molecule has 0 fully saturated rings. The summed E-state index contributed by atoms with van der Waals surface area (Å²) in [6, 6.07) is 16.4. The van der Waals surface area contributed by atoms with Gasteiger partial charge >= 0.3 is 0 Å². The molecule has 1 amide bonds. The summed E-state index contributed by atoms with van der Waals surface area (Å²) >= 11 is 0. The molecule has 116 valence electrons. The van der Waals surface area contributed by atoms with Gasteiger partial charge in [-0.2, -0.15) is 0 Å². The second kappa shape index (κ2) is 7.09. The number of carbonyl (C=O) groups is 1. The summed E-state index contributed by atoms with van der Waals surface area (Å²) in [6.07, 6.45) is -0.0303. The lowest BCUT2D eigenvalue weighted by Gasteiger charge is -2.23. The number of carbonyl (C=O) groups excluding carboxylic acids is 1. The maximum atomic E-state index is 12.2. The molecular formula is C18H21NO3. The van der Waals surface area contributed by atoms with Gasteiger partial charge in [-0.05, 0) is 31.5 Å². The van der Waals surface area contributed by atoms with E-state index in [2.05, 4.69) is 5.32 Å². The molecule has 0 heterocycles. The predicted octanol–water partition coefficient (Wildman–Crippen LogP) is 3.32. The van der Waals surface area contributed by atoms with E-state index in [9.17, 15) is 9.90 Å². The van der Waals surface area contributed by atoms with Crippen molar-refractivity contribution in [2.75, 3.05) is 11.9 Å². The maximum Gasteiger partial charge on any atom is 0.227 e. The van der Waals surface area contributed by atoms with Gasteiger partial charge < -0.3 is 15.2 Å². The maximum absolute atomic E-state index is 12.2. The number of ether oxygens (including phenoxy) is 1. The molecule has 1 unspecified atom stereocenters. The molecule has 0 aliphatic heterocycles. The first-order valence-corrected chi connectivity index (χ1v) is 7.32. The Morgan fingerprint density at radius 1 is 1.14 bits per heavy atom. The van der Waals surface area contributed by atoms with E-state index in [1.165, 1.54) is 0 Å². The molecule has 0 aromatic heterocycles. The largest absolute Gasteiger partial charge is 0.492 e. The molecular weight excluding hydrogens is 278 g/mol. The first kappa shape index (κ1) is 16.0. The number of aliphatic hydroxyl groups is 1. The number of amides is 1. The van der Waals surface area contributed by atoms with Crippen molar-refractivity contribution in [2.24, 2.45) is 0 Å². The SMILES string of the molecule is CCOc1ccccc1NC(=O)CC(C)(O)c1ccccc1. The van der Waals surface area contributed by atoms with Crippen LogP contribution in [-0.2, 0) is 10.4 Å². The van der Waals surface area contributed by atoms with E-state index < -0.39 is 5.60 Å². The van der Waals surface area contributed by atoms with Crippen LogP contribution in [0, 0.1) is 0 Å². The van der Waals surface area contributed by atoms with E-state index in [0.717, 1.165) is 0 Å². The Kier molecular flexibility index (Phi) is 5.17. The molecule has 0 aliphatic rings. The highest BCUT2D eigenvalue weighted by Crippen LogP contribution is 2.27. The topological polar surface area (TPSA) is 58.6 Å². The van der Waals surface area contributed by atoms with Crippen LogP contribution < -0.4 is 10.1 Å². The van der Waals surface area contributed by atoms with Crippen molar-refractivity contribution in [3.8, 4) is 5.75 Å². The van der Waals surface area contributed by atoms with E-state index in [-0.39, 0.29) is 12.3 Å². The zero-order valence-electron chi connectivity index (χ0n) is 12.9. The fraction of sp³-hybridized carbons (Fsp3) is 0.278. The smallest absolute Gasteiger partial charge is 0.227 e. The molecule has 0 saturated heterocycles. The van der Waals surface area contributed by atoms with Gasteiger partial charge in [0.2, 0.25) is 5.91 Å². The minimum atomic E-state index is -1.22.